The van der Waals surface area contributed by atoms with Gasteiger partial charge in [-0.3, -0.25) is 14.5 Å². The van der Waals surface area contributed by atoms with E-state index in [1.807, 2.05) is 24.3 Å². The lowest BCUT2D eigenvalue weighted by Gasteiger charge is -2.29. The van der Waals surface area contributed by atoms with Gasteiger partial charge in [0.05, 0.1) is 12.0 Å². The van der Waals surface area contributed by atoms with Crippen LogP contribution in [0.15, 0.2) is 50.4 Å². The maximum Gasteiger partial charge on any atom is 0.276 e. The van der Waals surface area contributed by atoms with Gasteiger partial charge in [0.25, 0.3) is 5.91 Å². The number of nitrogens with one attached hydrogen (secondary N) is 2. The summed E-state index contributed by atoms with van der Waals surface area (Å²) in [5.74, 6) is 1.17. The topological polar surface area (TPSA) is 125 Å². The van der Waals surface area contributed by atoms with Crippen molar-refractivity contribution >= 4 is 11.8 Å². The highest BCUT2D eigenvalue weighted by Gasteiger charge is 2.27. The Kier molecular flexibility index (Phi) is 7.21. The van der Waals surface area contributed by atoms with Gasteiger partial charge in [0.1, 0.15) is 0 Å². The van der Waals surface area contributed by atoms with Crippen LogP contribution in [0.4, 0.5) is 0 Å². The van der Waals surface area contributed by atoms with Crippen LogP contribution in [0.5, 0.6) is 0 Å². The van der Waals surface area contributed by atoms with Gasteiger partial charge >= 0.3 is 0 Å². The molecule has 32 heavy (non-hydrogen) atoms. The summed E-state index contributed by atoms with van der Waals surface area (Å²) in [6, 6.07) is 0.204. The molecule has 10 nitrogen and oxygen atoms in total. The summed E-state index contributed by atoms with van der Waals surface area (Å²) in [6.07, 6.45) is 12.3. The van der Waals surface area contributed by atoms with Crippen molar-refractivity contribution in [3.05, 3.63) is 47.4 Å². The minimum Gasteiger partial charge on any atom is -0.368 e. The number of nitrogens with zero attached hydrogens (tertiary/aromatic N) is 5. The van der Waals surface area contributed by atoms with Crippen molar-refractivity contribution in [1.82, 2.24) is 25.7 Å². The Morgan fingerprint density at radius 2 is 2.16 bits per heavy atom. The summed E-state index contributed by atoms with van der Waals surface area (Å²) in [6.45, 7) is 2.18. The first-order valence-electron chi connectivity index (χ1n) is 11.2. The Hall–Kier alpha value is -3.14. The highest BCUT2D eigenvalue weighted by atomic mass is 16.5. The molecule has 2 amide bonds. The number of azo groups is 1. The molecule has 1 aliphatic carbocycles. The zero-order valence-electron chi connectivity index (χ0n) is 18.3. The van der Waals surface area contributed by atoms with E-state index in [4.69, 9.17) is 4.52 Å². The molecule has 4 rings (SSSR count). The van der Waals surface area contributed by atoms with Crippen molar-refractivity contribution in [3.8, 4) is 0 Å². The van der Waals surface area contributed by atoms with Gasteiger partial charge in [-0.2, -0.15) is 4.98 Å². The fraction of sp³-hybridized carbons (Fsp3) is 0.545. The van der Waals surface area contributed by atoms with Gasteiger partial charge < -0.3 is 15.2 Å². The highest BCUT2D eigenvalue weighted by molar-refractivity contribution is 5.86. The van der Waals surface area contributed by atoms with E-state index < -0.39 is 0 Å². The van der Waals surface area contributed by atoms with Crippen molar-refractivity contribution in [1.29, 1.82) is 0 Å². The molecule has 2 atom stereocenters. The summed E-state index contributed by atoms with van der Waals surface area (Å²) in [5.41, 5.74) is 0.829. The lowest BCUT2D eigenvalue weighted by Crippen LogP contribution is -2.30. The lowest BCUT2D eigenvalue weighted by molar-refractivity contribution is -0.121. The van der Waals surface area contributed by atoms with Crippen LogP contribution in [-0.4, -0.2) is 53.5 Å². The molecule has 10 heteroatoms. The second-order valence-corrected chi connectivity index (χ2v) is 8.23. The number of hydrogen-bond donors (Lipinski definition) is 2. The Bertz CT molecular complexity index is 962. The highest BCUT2D eigenvalue weighted by Crippen LogP contribution is 2.28. The van der Waals surface area contributed by atoms with Crippen molar-refractivity contribution in [3.63, 3.8) is 0 Å². The Morgan fingerprint density at radius 3 is 3.03 bits per heavy atom. The van der Waals surface area contributed by atoms with Crippen LogP contribution in [0, 0.1) is 5.92 Å². The molecule has 0 radical (unpaired) electrons. The predicted molar refractivity (Wildman–Crippen MR) is 116 cm³/mol. The second kappa shape index (κ2) is 10.4. The number of piperidine rings is 1. The third kappa shape index (κ3) is 5.37. The van der Waals surface area contributed by atoms with E-state index in [1.54, 1.807) is 0 Å². The second-order valence-electron chi connectivity index (χ2n) is 8.23. The summed E-state index contributed by atoms with van der Waals surface area (Å²) in [4.78, 5) is 30.7. The first kappa shape index (κ1) is 22.1. The monoisotopic (exact) mass is 439 g/mol. The van der Waals surface area contributed by atoms with Crippen molar-refractivity contribution in [2.24, 2.45) is 16.1 Å². The van der Waals surface area contributed by atoms with Gasteiger partial charge in [0.2, 0.25) is 11.8 Å². The smallest absolute Gasteiger partial charge is 0.276 e. The largest absolute Gasteiger partial charge is 0.368 e. The first-order valence-corrected chi connectivity index (χ1v) is 11.2. The standard InChI is InChI=1S/C22H29N7O3/c1-29-14-5-4-9-17(29)21-25-19(32-28-21)11-10-18(30)23-12-6-13-24-20-15-7-2-3-8-16(15)22(31)27-26-20/h2-3,7-8,16-17,24H,4-6,9-14H2,1H3,(H,23,30). The molecule has 1 aromatic rings. The van der Waals surface area contributed by atoms with E-state index in [9.17, 15) is 9.59 Å². The van der Waals surface area contributed by atoms with Crippen LogP contribution in [-0.2, 0) is 16.0 Å². The molecule has 0 bridgehead atoms. The number of allylic oxidation sites excluding steroid dienone is 3. The Morgan fingerprint density at radius 1 is 1.25 bits per heavy atom. The molecular weight excluding hydrogens is 410 g/mol. The molecule has 1 saturated heterocycles. The van der Waals surface area contributed by atoms with Crippen LogP contribution in [0.25, 0.3) is 0 Å². The van der Waals surface area contributed by atoms with Crippen LogP contribution in [0.3, 0.4) is 0 Å². The molecule has 1 fully saturated rings. The van der Waals surface area contributed by atoms with Gasteiger partial charge in [0, 0.05) is 31.5 Å². The zero-order chi connectivity index (χ0) is 22.3. The average Bonchev–Trinajstić information content (AvgIpc) is 3.28. The number of carbonyl (C=O) groups is 2. The molecule has 3 heterocycles. The van der Waals surface area contributed by atoms with E-state index in [0.29, 0.717) is 37.6 Å². The third-order valence-corrected chi connectivity index (χ3v) is 5.90. The van der Waals surface area contributed by atoms with Crippen LogP contribution in [0.2, 0.25) is 0 Å². The normalized spacial score (nSPS) is 22.8. The Balaban J connectivity index is 1.14. The molecule has 0 spiro atoms. The summed E-state index contributed by atoms with van der Waals surface area (Å²) >= 11 is 0. The number of aromatic nitrogens is 2. The van der Waals surface area contributed by atoms with Gasteiger partial charge in [-0.25, -0.2) is 0 Å². The van der Waals surface area contributed by atoms with Gasteiger partial charge in [0.15, 0.2) is 11.6 Å². The lowest BCUT2D eigenvalue weighted by atomic mass is 9.93. The number of rotatable bonds is 9. The molecule has 3 aliphatic rings. The SMILES string of the molecule is CN1CCCCC1c1noc(CCC(=O)NCCCNC2=C3C=CC=CC3C(=O)N=N2)n1. The fourth-order valence-corrected chi connectivity index (χ4v) is 4.08. The van der Waals surface area contributed by atoms with Crippen LogP contribution < -0.4 is 10.6 Å². The van der Waals surface area contributed by atoms with E-state index in [2.05, 4.69) is 43.0 Å². The van der Waals surface area contributed by atoms with Crippen molar-refractivity contribution < 1.29 is 14.1 Å². The van der Waals surface area contributed by atoms with E-state index >= 15 is 0 Å². The van der Waals surface area contributed by atoms with Crippen LogP contribution >= 0.6 is 0 Å². The number of hydrogen-bond acceptors (Lipinski definition) is 8. The van der Waals surface area contributed by atoms with E-state index in [1.165, 1.54) is 12.8 Å². The number of amides is 2. The molecule has 0 saturated carbocycles. The number of aryl methyl sites for hydroxylation is 1. The van der Waals surface area contributed by atoms with Crippen molar-refractivity contribution in [2.45, 2.75) is 44.6 Å². The molecule has 170 valence electrons. The number of fused-ring (bicyclic) bond motifs is 1. The van der Waals surface area contributed by atoms with Gasteiger partial charge in [-0.15, -0.1) is 10.2 Å². The zero-order valence-corrected chi connectivity index (χ0v) is 18.3. The number of carbonyl (C=O) groups excluding carboxylic acids is 2. The molecular formula is C22H29N7O3. The average molecular weight is 440 g/mol. The van der Waals surface area contributed by atoms with E-state index in [0.717, 1.165) is 30.8 Å². The van der Waals surface area contributed by atoms with Crippen molar-refractivity contribution in [2.75, 3.05) is 26.7 Å². The molecule has 2 unspecified atom stereocenters. The summed E-state index contributed by atoms with van der Waals surface area (Å²) in [5, 5.41) is 17.9. The summed E-state index contributed by atoms with van der Waals surface area (Å²) in [7, 11) is 2.08. The van der Waals surface area contributed by atoms with Crippen LogP contribution in [0.1, 0.15) is 49.9 Å². The molecule has 1 aromatic heterocycles. The van der Waals surface area contributed by atoms with E-state index in [-0.39, 0.29) is 23.8 Å². The third-order valence-electron chi connectivity index (χ3n) is 5.90. The first-order chi connectivity index (χ1) is 15.6. The minimum atomic E-state index is -0.358. The fourth-order valence-electron chi connectivity index (χ4n) is 4.08. The number of likely N-dealkylation sites (tertiary alicyclic amines) is 1. The predicted octanol–water partition coefficient (Wildman–Crippen LogP) is 2.20. The van der Waals surface area contributed by atoms with Gasteiger partial charge in [-0.05, 0) is 32.9 Å². The molecule has 2 aliphatic heterocycles. The maximum absolute atomic E-state index is 12.1. The molecule has 2 N–H and O–H groups in total. The quantitative estimate of drug-likeness (QED) is 0.565. The Labute approximate surface area is 186 Å². The van der Waals surface area contributed by atoms with Gasteiger partial charge in [-0.1, -0.05) is 35.9 Å². The molecule has 0 aromatic carbocycles. The maximum atomic E-state index is 12.1. The summed E-state index contributed by atoms with van der Waals surface area (Å²) < 4.78 is 5.34. The minimum absolute atomic E-state index is 0.0510.